The summed E-state index contributed by atoms with van der Waals surface area (Å²) in [6.07, 6.45) is 1.62. The Morgan fingerprint density at radius 1 is 1.00 bits per heavy atom. The second kappa shape index (κ2) is 5.72. The van der Waals surface area contributed by atoms with Crippen LogP contribution in [0, 0.1) is 0 Å². The van der Waals surface area contributed by atoms with Gasteiger partial charge in [-0.15, -0.1) is 0 Å². The summed E-state index contributed by atoms with van der Waals surface area (Å²) in [7, 11) is -6.94. The Kier molecular flexibility index (Phi) is 4.33. The van der Waals surface area contributed by atoms with E-state index in [1.807, 2.05) is 18.2 Å². The Morgan fingerprint density at radius 2 is 1.67 bits per heavy atom. The molecule has 0 fully saturated rings. The molecule has 0 atom stereocenters. The molecule has 8 heteroatoms. The van der Waals surface area contributed by atoms with Gasteiger partial charge in [-0.3, -0.25) is 0 Å². The number of fused-ring (bicyclic) bond motifs is 1. The maximum Gasteiger partial charge on any atom is 0.238 e. The third-order valence-electron chi connectivity index (χ3n) is 2.98. The first-order valence-electron chi connectivity index (χ1n) is 6.15. The number of hydrogen-bond acceptors (Lipinski definition) is 4. The van der Waals surface area contributed by atoms with Crippen molar-refractivity contribution >= 4 is 30.8 Å². The lowest BCUT2D eigenvalue weighted by Gasteiger charge is -2.06. The summed E-state index contributed by atoms with van der Waals surface area (Å²) in [5, 5.41) is 6.75. The van der Waals surface area contributed by atoms with E-state index in [-0.39, 0.29) is 4.90 Å². The molecule has 0 spiro atoms. The number of sulfonamides is 2. The number of rotatable bonds is 5. The zero-order valence-corrected chi connectivity index (χ0v) is 13.0. The minimum atomic E-state index is -3.74. The molecule has 0 aliphatic rings. The predicted octanol–water partition coefficient (Wildman–Crippen LogP) is 0.579. The fraction of sp³-hybridized carbons (Fsp3) is 0.231. The van der Waals surface area contributed by atoms with E-state index < -0.39 is 20.0 Å². The Balaban J connectivity index is 2.27. The molecular formula is C13H16N2O4S2. The van der Waals surface area contributed by atoms with Crippen molar-refractivity contribution in [3.05, 3.63) is 42.0 Å². The summed E-state index contributed by atoms with van der Waals surface area (Å²) in [5.74, 6) is 0. The molecule has 21 heavy (non-hydrogen) atoms. The van der Waals surface area contributed by atoms with Gasteiger partial charge in [0, 0.05) is 6.54 Å². The number of hydrogen-bond donors (Lipinski definition) is 2. The molecule has 3 N–H and O–H groups in total. The molecule has 0 aromatic heterocycles. The normalized spacial score (nSPS) is 12.7. The Morgan fingerprint density at radius 3 is 2.29 bits per heavy atom. The van der Waals surface area contributed by atoms with Crippen molar-refractivity contribution in [2.75, 3.05) is 12.8 Å². The highest BCUT2D eigenvalue weighted by Crippen LogP contribution is 2.20. The average Bonchev–Trinajstić information content (AvgIpc) is 2.35. The second-order valence-electron chi connectivity index (χ2n) is 4.80. The van der Waals surface area contributed by atoms with Gasteiger partial charge >= 0.3 is 0 Å². The van der Waals surface area contributed by atoms with E-state index in [1.54, 1.807) is 6.07 Å². The van der Waals surface area contributed by atoms with Gasteiger partial charge in [0.1, 0.15) is 0 Å². The smallest absolute Gasteiger partial charge is 0.225 e. The molecule has 0 bridgehead atoms. The van der Waals surface area contributed by atoms with Gasteiger partial charge in [0.15, 0.2) is 0 Å². The molecule has 0 amide bonds. The van der Waals surface area contributed by atoms with Crippen molar-refractivity contribution in [2.45, 2.75) is 11.3 Å². The molecule has 6 nitrogen and oxygen atoms in total. The Bertz CT molecular complexity index is 874. The van der Waals surface area contributed by atoms with Gasteiger partial charge in [-0.05, 0) is 34.9 Å². The first kappa shape index (κ1) is 15.9. The van der Waals surface area contributed by atoms with Crippen molar-refractivity contribution in [1.29, 1.82) is 0 Å². The molecule has 2 aromatic rings. The topological polar surface area (TPSA) is 106 Å². The van der Waals surface area contributed by atoms with E-state index in [0.29, 0.717) is 13.0 Å². The minimum Gasteiger partial charge on any atom is -0.225 e. The van der Waals surface area contributed by atoms with Crippen LogP contribution in [0.4, 0.5) is 0 Å². The zero-order chi connectivity index (χ0) is 15.7. The lowest BCUT2D eigenvalue weighted by Crippen LogP contribution is -2.24. The van der Waals surface area contributed by atoms with Crippen molar-refractivity contribution in [3.8, 4) is 0 Å². The number of nitrogens with two attached hydrogens (primary N) is 1. The van der Waals surface area contributed by atoms with Crippen LogP contribution in [-0.2, 0) is 26.5 Å². The number of nitrogens with one attached hydrogen (secondary N) is 1. The highest BCUT2D eigenvalue weighted by atomic mass is 32.2. The molecule has 0 unspecified atom stereocenters. The van der Waals surface area contributed by atoms with Crippen LogP contribution in [0.5, 0.6) is 0 Å². The Labute approximate surface area is 124 Å². The van der Waals surface area contributed by atoms with Gasteiger partial charge in [0.05, 0.1) is 11.2 Å². The molecule has 0 saturated heterocycles. The second-order valence-corrected chi connectivity index (χ2v) is 8.20. The minimum absolute atomic E-state index is 0.0569. The van der Waals surface area contributed by atoms with Crippen LogP contribution in [0.15, 0.2) is 41.3 Å². The van der Waals surface area contributed by atoms with E-state index in [2.05, 4.69) is 4.72 Å². The lowest BCUT2D eigenvalue weighted by molar-refractivity contribution is 0.587. The van der Waals surface area contributed by atoms with Gasteiger partial charge in [0.25, 0.3) is 0 Å². The van der Waals surface area contributed by atoms with Crippen molar-refractivity contribution in [1.82, 2.24) is 4.72 Å². The van der Waals surface area contributed by atoms with E-state index >= 15 is 0 Å². The van der Waals surface area contributed by atoms with Gasteiger partial charge in [0.2, 0.25) is 20.0 Å². The highest BCUT2D eigenvalue weighted by molar-refractivity contribution is 7.89. The highest BCUT2D eigenvalue weighted by Gasteiger charge is 2.08. The van der Waals surface area contributed by atoms with Gasteiger partial charge < -0.3 is 0 Å². The third kappa shape index (κ3) is 4.50. The van der Waals surface area contributed by atoms with Crippen LogP contribution >= 0.6 is 0 Å². The van der Waals surface area contributed by atoms with Crippen LogP contribution in [0.3, 0.4) is 0 Å². The quantitative estimate of drug-likeness (QED) is 0.837. The van der Waals surface area contributed by atoms with Crippen molar-refractivity contribution in [2.24, 2.45) is 5.14 Å². The van der Waals surface area contributed by atoms with Gasteiger partial charge in [-0.25, -0.2) is 26.7 Å². The van der Waals surface area contributed by atoms with Crippen LogP contribution < -0.4 is 9.86 Å². The molecule has 0 aliphatic carbocycles. The van der Waals surface area contributed by atoms with Crippen LogP contribution in [-0.4, -0.2) is 29.6 Å². The predicted molar refractivity (Wildman–Crippen MR) is 81.9 cm³/mol. The molecule has 0 heterocycles. The monoisotopic (exact) mass is 328 g/mol. The van der Waals surface area contributed by atoms with E-state index in [1.165, 1.54) is 12.1 Å². The third-order valence-corrected chi connectivity index (χ3v) is 4.62. The van der Waals surface area contributed by atoms with Crippen molar-refractivity contribution in [3.63, 3.8) is 0 Å². The Hall–Kier alpha value is -1.48. The molecule has 0 radical (unpaired) electrons. The lowest BCUT2D eigenvalue weighted by atomic mass is 10.1. The van der Waals surface area contributed by atoms with Crippen LogP contribution in [0.1, 0.15) is 5.56 Å². The molecule has 114 valence electrons. The SMILES string of the molecule is CS(=O)(=O)NCCc1ccc2ccc(S(N)(=O)=O)cc2c1. The first-order valence-corrected chi connectivity index (χ1v) is 9.59. The summed E-state index contributed by atoms with van der Waals surface area (Å²) in [5.41, 5.74) is 0.908. The maximum atomic E-state index is 11.3. The average molecular weight is 328 g/mol. The van der Waals surface area contributed by atoms with E-state index in [4.69, 9.17) is 5.14 Å². The van der Waals surface area contributed by atoms with Crippen LogP contribution in [0.2, 0.25) is 0 Å². The van der Waals surface area contributed by atoms with E-state index in [9.17, 15) is 16.8 Å². The molecule has 2 aromatic carbocycles. The first-order chi connectivity index (χ1) is 9.65. The van der Waals surface area contributed by atoms with Gasteiger partial charge in [-0.2, -0.15) is 0 Å². The molecule has 0 saturated carbocycles. The molecule has 0 aliphatic heterocycles. The summed E-state index contributed by atoms with van der Waals surface area (Å²) in [6.45, 7) is 0.291. The summed E-state index contributed by atoms with van der Waals surface area (Å²) >= 11 is 0. The zero-order valence-electron chi connectivity index (χ0n) is 11.4. The number of benzene rings is 2. The summed E-state index contributed by atoms with van der Waals surface area (Å²) < 4.78 is 47.1. The summed E-state index contributed by atoms with van der Waals surface area (Å²) in [4.78, 5) is 0.0569. The molecular weight excluding hydrogens is 312 g/mol. The van der Waals surface area contributed by atoms with Crippen LogP contribution in [0.25, 0.3) is 10.8 Å². The fourth-order valence-electron chi connectivity index (χ4n) is 1.99. The number of primary sulfonamides is 1. The van der Waals surface area contributed by atoms with E-state index in [0.717, 1.165) is 22.6 Å². The van der Waals surface area contributed by atoms with Crippen molar-refractivity contribution < 1.29 is 16.8 Å². The standard InChI is InChI=1S/C13H16N2O4S2/c1-20(16,17)15-7-6-10-2-3-11-4-5-13(21(14,18)19)9-12(11)8-10/h2-5,8-9,15H,6-7H2,1H3,(H2,14,18,19). The van der Waals surface area contributed by atoms with Gasteiger partial charge in [-0.1, -0.05) is 24.3 Å². The molecule has 2 rings (SSSR count). The maximum absolute atomic E-state index is 11.3. The summed E-state index contributed by atoms with van der Waals surface area (Å²) in [6, 6.07) is 10.2. The fourth-order valence-corrected chi connectivity index (χ4v) is 3.01. The largest absolute Gasteiger partial charge is 0.238 e.